The van der Waals surface area contributed by atoms with Crippen LogP contribution in [0.4, 0.5) is 10.1 Å². The molecule has 3 heterocycles. The SMILES string of the molecule is O=S1(=O)CC2N=C(SCc3ccc(F)cc3)N(c3ccc4c(c3)OCO4)C2C1. The maximum Gasteiger partial charge on any atom is 0.231 e. The molecule has 1 fully saturated rings. The molecule has 0 aliphatic carbocycles. The molecule has 3 aliphatic heterocycles. The van der Waals surface area contributed by atoms with Crippen LogP contribution in [0.3, 0.4) is 0 Å². The molecule has 0 radical (unpaired) electrons. The van der Waals surface area contributed by atoms with E-state index in [1.807, 2.05) is 23.1 Å². The van der Waals surface area contributed by atoms with Gasteiger partial charge < -0.3 is 14.4 Å². The van der Waals surface area contributed by atoms with Crippen LogP contribution in [0.1, 0.15) is 5.56 Å². The second-order valence-electron chi connectivity index (χ2n) is 6.95. The summed E-state index contributed by atoms with van der Waals surface area (Å²) in [5, 5.41) is 0.771. The number of ether oxygens (including phenoxy) is 2. The molecule has 28 heavy (non-hydrogen) atoms. The van der Waals surface area contributed by atoms with Gasteiger partial charge in [0.15, 0.2) is 26.5 Å². The maximum absolute atomic E-state index is 13.1. The van der Waals surface area contributed by atoms with Gasteiger partial charge in [-0.2, -0.15) is 0 Å². The van der Waals surface area contributed by atoms with Crippen molar-refractivity contribution in [2.75, 3.05) is 23.2 Å². The number of fused-ring (bicyclic) bond motifs is 2. The summed E-state index contributed by atoms with van der Waals surface area (Å²) in [5.41, 5.74) is 1.81. The Hall–Kier alpha value is -2.26. The van der Waals surface area contributed by atoms with Crippen molar-refractivity contribution in [2.24, 2.45) is 4.99 Å². The van der Waals surface area contributed by atoms with E-state index in [0.717, 1.165) is 16.4 Å². The normalized spacial score (nSPS) is 24.3. The number of halogens is 1. The zero-order valence-electron chi connectivity index (χ0n) is 14.7. The highest BCUT2D eigenvalue weighted by Gasteiger charge is 2.47. The summed E-state index contributed by atoms with van der Waals surface area (Å²) in [6.45, 7) is 0.180. The van der Waals surface area contributed by atoms with Gasteiger partial charge in [-0.1, -0.05) is 23.9 Å². The predicted octanol–water partition coefficient (Wildman–Crippen LogP) is 2.83. The van der Waals surface area contributed by atoms with E-state index < -0.39 is 9.84 Å². The number of aliphatic imine (C=N–C) groups is 1. The van der Waals surface area contributed by atoms with Crippen LogP contribution >= 0.6 is 11.8 Å². The molecule has 0 spiro atoms. The largest absolute Gasteiger partial charge is 0.454 e. The first-order valence-corrected chi connectivity index (χ1v) is 11.6. The smallest absolute Gasteiger partial charge is 0.231 e. The molecule has 5 rings (SSSR count). The minimum absolute atomic E-state index is 0.0688. The lowest BCUT2D eigenvalue weighted by Crippen LogP contribution is -2.39. The Morgan fingerprint density at radius 2 is 1.89 bits per heavy atom. The van der Waals surface area contributed by atoms with Gasteiger partial charge in [0, 0.05) is 17.5 Å². The van der Waals surface area contributed by atoms with Gasteiger partial charge in [0.1, 0.15) is 5.82 Å². The number of sulfone groups is 1. The van der Waals surface area contributed by atoms with Crippen molar-refractivity contribution in [3.05, 3.63) is 53.8 Å². The number of nitrogens with zero attached hydrogens (tertiary/aromatic N) is 2. The van der Waals surface area contributed by atoms with Gasteiger partial charge in [-0.15, -0.1) is 0 Å². The van der Waals surface area contributed by atoms with Crippen LogP contribution in [0.2, 0.25) is 0 Å². The first-order valence-electron chi connectivity index (χ1n) is 8.83. The van der Waals surface area contributed by atoms with Crippen LogP contribution in [0.15, 0.2) is 47.5 Å². The molecule has 2 aromatic rings. The minimum atomic E-state index is -3.11. The van der Waals surface area contributed by atoms with Crippen molar-refractivity contribution >= 4 is 32.5 Å². The first-order chi connectivity index (χ1) is 13.5. The summed E-state index contributed by atoms with van der Waals surface area (Å²) in [6.07, 6.45) is 0. The van der Waals surface area contributed by atoms with Crippen molar-refractivity contribution in [2.45, 2.75) is 17.8 Å². The number of benzene rings is 2. The second-order valence-corrected chi connectivity index (χ2v) is 10.0. The molecule has 0 amide bonds. The van der Waals surface area contributed by atoms with E-state index in [-0.39, 0.29) is 36.2 Å². The van der Waals surface area contributed by atoms with Crippen molar-refractivity contribution < 1.29 is 22.3 Å². The molecule has 9 heteroatoms. The Morgan fingerprint density at radius 1 is 1.11 bits per heavy atom. The maximum atomic E-state index is 13.1. The third-order valence-corrected chi connectivity index (χ3v) is 7.76. The van der Waals surface area contributed by atoms with E-state index in [0.29, 0.717) is 17.3 Å². The third-order valence-electron chi connectivity index (χ3n) is 5.02. The van der Waals surface area contributed by atoms with E-state index >= 15 is 0 Å². The van der Waals surface area contributed by atoms with Crippen molar-refractivity contribution in [3.63, 3.8) is 0 Å². The Morgan fingerprint density at radius 3 is 2.71 bits per heavy atom. The minimum Gasteiger partial charge on any atom is -0.454 e. The number of hydrogen-bond acceptors (Lipinski definition) is 7. The van der Waals surface area contributed by atoms with Gasteiger partial charge in [-0.05, 0) is 29.8 Å². The molecule has 0 N–H and O–H groups in total. The number of hydrogen-bond donors (Lipinski definition) is 0. The summed E-state index contributed by atoms with van der Waals surface area (Å²) >= 11 is 1.52. The van der Waals surface area contributed by atoms with Gasteiger partial charge in [0.2, 0.25) is 6.79 Å². The second kappa shape index (κ2) is 6.66. The topological polar surface area (TPSA) is 68.2 Å². The fourth-order valence-corrected chi connectivity index (χ4v) is 6.62. The van der Waals surface area contributed by atoms with Crippen molar-refractivity contribution in [3.8, 4) is 11.5 Å². The summed E-state index contributed by atoms with van der Waals surface area (Å²) in [7, 11) is -3.11. The van der Waals surface area contributed by atoms with Crippen LogP contribution in [0, 0.1) is 5.82 Å². The average molecular weight is 420 g/mol. The Labute approximate surface area is 166 Å². The Balaban J connectivity index is 1.44. The Kier molecular flexibility index (Phi) is 4.24. The number of rotatable bonds is 3. The molecule has 2 aromatic carbocycles. The molecule has 2 atom stereocenters. The van der Waals surface area contributed by atoms with Crippen molar-refractivity contribution in [1.29, 1.82) is 0 Å². The molecule has 0 saturated carbocycles. The fraction of sp³-hybridized carbons (Fsp3) is 0.316. The summed E-state index contributed by atoms with van der Waals surface area (Å²) in [5.74, 6) is 1.82. The summed E-state index contributed by atoms with van der Waals surface area (Å²) in [6, 6.07) is 11.5. The highest BCUT2D eigenvalue weighted by Crippen LogP contribution is 2.40. The summed E-state index contributed by atoms with van der Waals surface area (Å²) in [4.78, 5) is 6.70. The monoisotopic (exact) mass is 420 g/mol. The lowest BCUT2D eigenvalue weighted by atomic mass is 10.1. The number of thioether (sulfide) groups is 1. The lowest BCUT2D eigenvalue weighted by molar-refractivity contribution is 0.174. The molecule has 1 saturated heterocycles. The van der Waals surface area contributed by atoms with E-state index in [2.05, 4.69) is 0 Å². The molecule has 2 unspecified atom stereocenters. The van der Waals surface area contributed by atoms with E-state index in [4.69, 9.17) is 14.5 Å². The van der Waals surface area contributed by atoms with E-state index in [1.165, 1.54) is 23.9 Å². The van der Waals surface area contributed by atoms with Crippen LogP contribution in [0.5, 0.6) is 11.5 Å². The van der Waals surface area contributed by atoms with Gasteiger partial charge in [0.05, 0.1) is 23.6 Å². The van der Waals surface area contributed by atoms with E-state index in [9.17, 15) is 12.8 Å². The molecular formula is C19H17FN2O4S2. The van der Waals surface area contributed by atoms with Crippen LogP contribution in [-0.4, -0.2) is 44.0 Å². The van der Waals surface area contributed by atoms with Gasteiger partial charge in [0.25, 0.3) is 0 Å². The zero-order chi connectivity index (χ0) is 19.3. The van der Waals surface area contributed by atoms with Crippen LogP contribution < -0.4 is 14.4 Å². The molecular weight excluding hydrogens is 403 g/mol. The molecule has 0 aromatic heterocycles. The highest BCUT2D eigenvalue weighted by atomic mass is 32.2. The molecule has 146 valence electrons. The number of amidine groups is 1. The first kappa shape index (κ1) is 17.8. The molecule has 3 aliphatic rings. The highest BCUT2D eigenvalue weighted by molar-refractivity contribution is 8.13. The standard InChI is InChI=1S/C19H17FN2O4S2/c20-13-3-1-12(2-4-13)8-27-19-21-15-9-28(23,24)10-16(15)22(19)14-5-6-17-18(7-14)26-11-25-17/h1-7,15-16H,8-11H2. The quantitative estimate of drug-likeness (QED) is 0.761. The van der Waals surface area contributed by atoms with Crippen LogP contribution in [-0.2, 0) is 15.6 Å². The number of anilines is 1. The van der Waals surface area contributed by atoms with Gasteiger partial charge >= 0.3 is 0 Å². The van der Waals surface area contributed by atoms with Gasteiger partial charge in [-0.25, -0.2) is 12.8 Å². The molecule has 6 nitrogen and oxygen atoms in total. The van der Waals surface area contributed by atoms with E-state index in [1.54, 1.807) is 12.1 Å². The Bertz CT molecular complexity index is 1060. The average Bonchev–Trinajstić information content (AvgIpc) is 3.32. The fourth-order valence-electron chi connectivity index (χ4n) is 3.70. The van der Waals surface area contributed by atoms with Gasteiger partial charge in [-0.3, -0.25) is 4.99 Å². The summed E-state index contributed by atoms with van der Waals surface area (Å²) < 4.78 is 48.3. The molecule has 0 bridgehead atoms. The van der Waals surface area contributed by atoms with Crippen LogP contribution in [0.25, 0.3) is 0 Å². The predicted molar refractivity (Wildman–Crippen MR) is 106 cm³/mol. The third kappa shape index (κ3) is 3.22. The zero-order valence-corrected chi connectivity index (χ0v) is 16.4. The van der Waals surface area contributed by atoms with Crippen molar-refractivity contribution in [1.82, 2.24) is 0 Å². The lowest BCUT2D eigenvalue weighted by Gasteiger charge is -2.26.